The molecule has 112 valence electrons. The second-order valence-electron chi connectivity index (χ2n) is 4.69. The van der Waals surface area contributed by atoms with E-state index in [0.717, 1.165) is 0 Å². The molecule has 1 nitrogen and oxygen atoms in total. The van der Waals surface area contributed by atoms with Crippen molar-refractivity contribution < 1.29 is 8.78 Å². The highest BCUT2D eigenvalue weighted by Gasteiger charge is 2.18. The zero-order valence-corrected chi connectivity index (χ0v) is 13.0. The standard InChI is InChI=1S/C16H15Cl2F2N/c1-2-21-15(12-9-11(17)6-7-14(12)19)8-10-4-3-5-13(18)16(10)20/h3-7,9,15,21H,2,8H2,1H3. The van der Waals surface area contributed by atoms with E-state index in [2.05, 4.69) is 5.32 Å². The Bertz CT molecular complexity index is 632. The lowest BCUT2D eigenvalue weighted by molar-refractivity contribution is 0.498. The lowest BCUT2D eigenvalue weighted by Gasteiger charge is -2.20. The van der Waals surface area contributed by atoms with Gasteiger partial charge in [0.15, 0.2) is 0 Å². The van der Waals surface area contributed by atoms with Gasteiger partial charge in [-0.3, -0.25) is 0 Å². The maximum absolute atomic E-state index is 14.0. The SMILES string of the molecule is CCNC(Cc1cccc(Cl)c1F)c1cc(Cl)ccc1F. The highest BCUT2D eigenvalue weighted by atomic mass is 35.5. The van der Waals surface area contributed by atoms with Gasteiger partial charge in [0.05, 0.1) is 5.02 Å². The molecule has 1 N–H and O–H groups in total. The molecule has 0 aliphatic rings. The van der Waals surface area contributed by atoms with Crippen LogP contribution in [0.3, 0.4) is 0 Å². The Balaban J connectivity index is 2.35. The number of hydrogen-bond donors (Lipinski definition) is 1. The van der Waals surface area contributed by atoms with Crippen LogP contribution in [0.5, 0.6) is 0 Å². The summed E-state index contributed by atoms with van der Waals surface area (Å²) in [6.45, 7) is 2.53. The van der Waals surface area contributed by atoms with Gasteiger partial charge in [0.1, 0.15) is 11.6 Å². The van der Waals surface area contributed by atoms with Crippen molar-refractivity contribution in [2.75, 3.05) is 6.54 Å². The summed E-state index contributed by atoms with van der Waals surface area (Å²) in [5.74, 6) is -0.836. The molecule has 0 radical (unpaired) electrons. The van der Waals surface area contributed by atoms with Crippen LogP contribution in [0.2, 0.25) is 10.0 Å². The number of halogens is 4. The van der Waals surface area contributed by atoms with Crippen molar-refractivity contribution >= 4 is 23.2 Å². The molecule has 0 bridgehead atoms. The molecular formula is C16H15Cl2F2N. The van der Waals surface area contributed by atoms with Gasteiger partial charge in [0, 0.05) is 16.6 Å². The van der Waals surface area contributed by atoms with E-state index in [1.807, 2.05) is 6.92 Å². The summed E-state index contributed by atoms with van der Waals surface area (Å²) in [6.07, 6.45) is 0.289. The van der Waals surface area contributed by atoms with Gasteiger partial charge in [-0.2, -0.15) is 0 Å². The van der Waals surface area contributed by atoms with Crippen LogP contribution >= 0.6 is 23.2 Å². The van der Waals surface area contributed by atoms with Crippen LogP contribution in [0.15, 0.2) is 36.4 Å². The molecule has 0 aromatic heterocycles. The van der Waals surface area contributed by atoms with Crippen molar-refractivity contribution in [3.63, 3.8) is 0 Å². The third-order valence-corrected chi connectivity index (χ3v) is 3.77. The maximum Gasteiger partial charge on any atom is 0.145 e. The third-order valence-electron chi connectivity index (χ3n) is 3.24. The monoisotopic (exact) mass is 329 g/mol. The molecule has 0 amide bonds. The molecule has 0 saturated heterocycles. The van der Waals surface area contributed by atoms with Gasteiger partial charge < -0.3 is 5.32 Å². The summed E-state index contributed by atoms with van der Waals surface area (Å²) in [6, 6.07) is 8.81. The fourth-order valence-corrected chi connectivity index (χ4v) is 2.62. The van der Waals surface area contributed by atoms with E-state index in [4.69, 9.17) is 23.2 Å². The fraction of sp³-hybridized carbons (Fsp3) is 0.250. The van der Waals surface area contributed by atoms with Crippen molar-refractivity contribution in [1.29, 1.82) is 0 Å². The van der Waals surface area contributed by atoms with Crippen molar-refractivity contribution in [2.24, 2.45) is 0 Å². The molecule has 5 heteroatoms. The van der Waals surface area contributed by atoms with Crippen LogP contribution in [0.1, 0.15) is 24.1 Å². The lowest BCUT2D eigenvalue weighted by Crippen LogP contribution is -2.24. The molecule has 1 atom stereocenters. The molecule has 1 unspecified atom stereocenters. The van der Waals surface area contributed by atoms with Gasteiger partial charge in [0.25, 0.3) is 0 Å². The highest BCUT2D eigenvalue weighted by molar-refractivity contribution is 6.31. The average molecular weight is 330 g/mol. The Morgan fingerprint density at radius 1 is 1.14 bits per heavy atom. The summed E-state index contributed by atoms with van der Waals surface area (Å²) in [5, 5.41) is 3.66. The van der Waals surface area contributed by atoms with Gasteiger partial charge in [-0.25, -0.2) is 8.78 Å². The molecule has 2 rings (SSSR count). The predicted molar refractivity (Wildman–Crippen MR) is 82.9 cm³/mol. The molecule has 0 aliphatic carbocycles. The molecule has 0 aliphatic heterocycles. The highest BCUT2D eigenvalue weighted by Crippen LogP contribution is 2.27. The largest absolute Gasteiger partial charge is 0.310 e. The Kier molecular flexibility index (Phi) is 5.57. The van der Waals surface area contributed by atoms with Crippen LogP contribution in [-0.2, 0) is 6.42 Å². The van der Waals surface area contributed by atoms with Crippen LogP contribution in [0.4, 0.5) is 8.78 Å². The second kappa shape index (κ2) is 7.21. The number of likely N-dealkylation sites (N-methyl/N-ethyl adjacent to an activating group) is 1. The number of rotatable bonds is 5. The molecular weight excluding hydrogens is 315 g/mol. The maximum atomic E-state index is 14.0. The number of benzene rings is 2. The molecule has 0 fully saturated rings. The average Bonchev–Trinajstić information content (AvgIpc) is 2.46. The smallest absolute Gasteiger partial charge is 0.145 e. The minimum absolute atomic E-state index is 0.0642. The Morgan fingerprint density at radius 2 is 1.90 bits per heavy atom. The molecule has 2 aromatic rings. The van der Waals surface area contributed by atoms with Gasteiger partial charge in [0.2, 0.25) is 0 Å². The van der Waals surface area contributed by atoms with E-state index in [9.17, 15) is 8.78 Å². The summed E-state index contributed by atoms with van der Waals surface area (Å²) in [5.41, 5.74) is 0.858. The number of nitrogens with one attached hydrogen (secondary N) is 1. The van der Waals surface area contributed by atoms with E-state index >= 15 is 0 Å². The van der Waals surface area contributed by atoms with E-state index in [0.29, 0.717) is 22.7 Å². The first-order valence-corrected chi connectivity index (χ1v) is 7.39. The Morgan fingerprint density at radius 3 is 2.62 bits per heavy atom. The molecule has 21 heavy (non-hydrogen) atoms. The first-order chi connectivity index (χ1) is 10.0. The topological polar surface area (TPSA) is 12.0 Å². The van der Waals surface area contributed by atoms with Crippen molar-refractivity contribution in [3.8, 4) is 0 Å². The van der Waals surface area contributed by atoms with Gasteiger partial charge in [-0.1, -0.05) is 42.3 Å². The molecule has 0 spiro atoms. The minimum Gasteiger partial charge on any atom is -0.310 e. The van der Waals surface area contributed by atoms with Crippen molar-refractivity contribution in [2.45, 2.75) is 19.4 Å². The lowest BCUT2D eigenvalue weighted by atomic mass is 9.98. The van der Waals surface area contributed by atoms with E-state index in [-0.39, 0.29) is 23.3 Å². The molecule has 0 heterocycles. The van der Waals surface area contributed by atoms with Crippen LogP contribution in [0, 0.1) is 11.6 Å². The molecule has 2 aromatic carbocycles. The summed E-state index contributed by atoms with van der Waals surface area (Å²) < 4.78 is 28.0. The quantitative estimate of drug-likeness (QED) is 0.798. The van der Waals surface area contributed by atoms with Gasteiger partial charge >= 0.3 is 0 Å². The summed E-state index contributed by atoms with van der Waals surface area (Å²) >= 11 is 11.7. The Labute approximate surface area is 132 Å². The number of hydrogen-bond acceptors (Lipinski definition) is 1. The zero-order valence-electron chi connectivity index (χ0n) is 11.5. The van der Waals surface area contributed by atoms with Crippen molar-refractivity contribution in [1.82, 2.24) is 5.32 Å². The van der Waals surface area contributed by atoms with E-state index in [1.165, 1.54) is 18.2 Å². The third kappa shape index (κ3) is 3.94. The normalized spacial score (nSPS) is 12.4. The van der Waals surface area contributed by atoms with Crippen molar-refractivity contribution in [3.05, 3.63) is 69.2 Å². The summed E-state index contributed by atoms with van der Waals surface area (Å²) in [7, 11) is 0. The predicted octanol–water partition coefficient (Wildman–Crippen LogP) is 5.16. The van der Waals surface area contributed by atoms with Crippen LogP contribution in [-0.4, -0.2) is 6.54 Å². The fourth-order valence-electron chi connectivity index (χ4n) is 2.25. The Hall–Kier alpha value is -1.16. The van der Waals surface area contributed by atoms with Gasteiger partial charge in [-0.15, -0.1) is 0 Å². The minimum atomic E-state index is -0.468. The molecule has 0 saturated carbocycles. The van der Waals surface area contributed by atoms with Gasteiger partial charge in [-0.05, 0) is 42.8 Å². The second-order valence-corrected chi connectivity index (χ2v) is 5.54. The first-order valence-electron chi connectivity index (χ1n) is 6.64. The van der Waals surface area contributed by atoms with E-state index in [1.54, 1.807) is 18.2 Å². The summed E-state index contributed by atoms with van der Waals surface area (Å²) in [4.78, 5) is 0. The van der Waals surface area contributed by atoms with Crippen LogP contribution in [0.25, 0.3) is 0 Å². The first kappa shape index (κ1) is 16.2. The van der Waals surface area contributed by atoms with E-state index < -0.39 is 5.82 Å². The van der Waals surface area contributed by atoms with Crippen LogP contribution < -0.4 is 5.32 Å². The zero-order chi connectivity index (χ0) is 15.4.